The Balaban J connectivity index is -0.000000143. The molecule has 0 aliphatic rings. The molecule has 0 saturated heterocycles. The van der Waals surface area contributed by atoms with Crippen molar-refractivity contribution in [2.75, 3.05) is 40.6 Å². The van der Waals surface area contributed by atoms with Crippen LogP contribution in [0.1, 0.15) is 0 Å². The summed E-state index contributed by atoms with van der Waals surface area (Å²) < 4.78 is 19.0. The van der Waals surface area contributed by atoms with Crippen molar-refractivity contribution in [1.29, 1.82) is 0 Å². The Morgan fingerprint density at radius 3 is 1.15 bits per heavy atom. The van der Waals surface area contributed by atoms with Crippen molar-refractivity contribution >= 4 is 62.8 Å². The average Bonchev–Trinajstić information content (AvgIpc) is 2.12. The van der Waals surface area contributed by atoms with Gasteiger partial charge in [-0.3, -0.25) is 0 Å². The molecule has 0 radical (unpaired) electrons. The van der Waals surface area contributed by atoms with E-state index in [1.54, 1.807) is 14.2 Å². The molecule has 0 aromatic heterocycles. The van der Waals surface area contributed by atoms with Crippen LogP contribution in [0.4, 0.5) is 0 Å². The zero-order chi connectivity index (χ0) is 9.66. The molecule has 0 amide bonds. The van der Waals surface area contributed by atoms with E-state index in [1.165, 1.54) is 0 Å². The summed E-state index contributed by atoms with van der Waals surface area (Å²) >= 11 is 1.65. The summed E-state index contributed by atoms with van der Waals surface area (Å²) in [6.07, 6.45) is 0. The predicted molar refractivity (Wildman–Crippen MR) is 59.9 cm³/mol. The fraction of sp³-hybridized carbons (Fsp3) is 1.00. The quantitative estimate of drug-likeness (QED) is 0.383. The van der Waals surface area contributed by atoms with Crippen molar-refractivity contribution in [1.82, 2.24) is 0 Å². The van der Waals surface area contributed by atoms with Gasteiger partial charge >= 0.3 is 62.8 Å². The van der Waals surface area contributed by atoms with Crippen molar-refractivity contribution < 1.29 is 17.1 Å². The first-order chi connectivity index (χ1) is 5.83. The van der Waals surface area contributed by atoms with Crippen LogP contribution in [0.2, 0.25) is 0 Å². The van der Waals surface area contributed by atoms with Gasteiger partial charge in [-0.1, -0.05) is 0 Å². The number of rotatable bonds is 6. The van der Waals surface area contributed by atoms with E-state index in [-0.39, 0.29) is 29.6 Å². The zero-order valence-corrected chi connectivity index (χ0v) is 12.5. The molecule has 0 rings (SSSR count). The zero-order valence-electron chi connectivity index (χ0n) is 8.46. The molecule has 0 unspecified atom stereocenters. The molecule has 0 aliphatic carbocycles. The standard InChI is InChI=1S/2C3H7O2.2Al.Na.5H/c2*1-5-3-2-4;;;;;;;;/h2*2-3H2,1H3;;;;;;;;/q2*-1;2*+1;;;;;;. The van der Waals surface area contributed by atoms with Gasteiger partial charge in [0, 0.05) is 27.4 Å². The molecule has 74 valence electrons. The first kappa shape index (κ1) is 20.3. The van der Waals surface area contributed by atoms with Crippen LogP contribution in [0, 0.1) is 0 Å². The molecule has 4 nitrogen and oxygen atoms in total. The first-order valence-electron chi connectivity index (χ1n) is 3.79. The molecule has 0 aromatic carbocycles. The maximum absolute atomic E-state index is 4.80. The van der Waals surface area contributed by atoms with E-state index in [1.807, 2.05) is 0 Å². The minimum atomic E-state index is 0. The summed E-state index contributed by atoms with van der Waals surface area (Å²) in [5, 5.41) is 0. The monoisotopic (exact) mass is 232 g/mol. The van der Waals surface area contributed by atoms with Crippen LogP contribution in [-0.4, -0.2) is 103 Å². The number of ether oxygens (including phenoxy) is 2. The maximum atomic E-state index is 4.80. The summed E-state index contributed by atoms with van der Waals surface area (Å²) in [5.74, 6) is 0. The number of methoxy groups -OCH3 is 2. The third kappa shape index (κ3) is 31.5. The normalized spacial score (nSPS) is 8.15. The van der Waals surface area contributed by atoms with E-state index in [2.05, 4.69) is 9.47 Å². The van der Waals surface area contributed by atoms with Gasteiger partial charge in [0.15, 0.2) is 0 Å². The van der Waals surface area contributed by atoms with E-state index in [0.29, 0.717) is 0 Å². The van der Waals surface area contributed by atoms with Crippen LogP contribution in [0.25, 0.3) is 0 Å². The third-order valence-corrected chi connectivity index (χ3v) is 1.80. The summed E-state index contributed by atoms with van der Waals surface area (Å²) in [6, 6.07) is 0. The second kappa shape index (κ2) is 23.6. The van der Waals surface area contributed by atoms with Crippen molar-refractivity contribution in [3.05, 3.63) is 0 Å². The predicted octanol–water partition coefficient (Wildman–Crippen LogP) is -2.25. The van der Waals surface area contributed by atoms with Gasteiger partial charge in [0.25, 0.3) is 0 Å². The summed E-state index contributed by atoms with van der Waals surface area (Å²) in [6.45, 7) is 2.96. The Morgan fingerprint density at radius 1 is 0.769 bits per heavy atom. The van der Waals surface area contributed by atoms with Gasteiger partial charge in [0.05, 0.1) is 13.2 Å². The molecular formula is C6H19Al2NaO4. The summed E-state index contributed by atoms with van der Waals surface area (Å²) in [4.78, 5) is 0. The van der Waals surface area contributed by atoms with Gasteiger partial charge in [0.2, 0.25) is 0 Å². The summed E-state index contributed by atoms with van der Waals surface area (Å²) in [5.41, 5.74) is 0. The molecule has 0 saturated carbocycles. The van der Waals surface area contributed by atoms with E-state index in [0.717, 1.165) is 59.7 Å². The van der Waals surface area contributed by atoms with Gasteiger partial charge in [-0.2, -0.15) is 0 Å². The Hall–Kier alpha value is 1.90. The van der Waals surface area contributed by atoms with Crippen LogP contribution in [0.5, 0.6) is 0 Å². The molecule has 0 spiro atoms. The topological polar surface area (TPSA) is 36.9 Å². The summed E-state index contributed by atoms with van der Waals surface area (Å²) in [7, 11) is 3.33. The fourth-order valence-corrected chi connectivity index (χ4v) is 0.667. The van der Waals surface area contributed by atoms with Gasteiger partial charge in [-0.25, -0.2) is 0 Å². The molecule has 13 heavy (non-hydrogen) atoms. The van der Waals surface area contributed by atoms with E-state index < -0.39 is 0 Å². The fourth-order valence-electron chi connectivity index (χ4n) is 0.333. The average molecular weight is 232 g/mol. The minimum absolute atomic E-state index is 0. The Bertz CT molecular complexity index is 54.6. The van der Waals surface area contributed by atoms with Gasteiger partial charge in [0.1, 0.15) is 0 Å². The molecular weight excluding hydrogens is 213 g/mol. The molecule has 0 heterocycles. The van der Waals surface area contributed by atoms with Crippen molar-refractivity contribution in [3.8, 4) is 0 Å². The van der Waals surface area contributed by atoms with Crippen molar-refractivity contribution in [3.63, 3.8) is 0 Å². The SMILES string of the molecule is COCC[O][AlH2].COCC[O][AlH2].[NaH]. The second-order valence-corrected chi connectivity index (χ2v) is 3.13. The third-order valence-electron chi connectivity index (χ3n) is 0.983. The van der Waals surface area contributed by atoms with Crippen molar-refractivity contribution in [2.45, 2.75) is 0 Å². The molecule has 0 aliphatic heterocycles. The van der Waals surface area contributed by atoms with Gasteiger partial charge in [-0.05, 0) is 0 Å². The van der Waals surface area contributed by atoms with Crippen LogP contribution in [0.15, 0.2) is 0 Å². The van der Waals surface area contributed by atoms with E-state index in [4.69, 9.17) is 7.58 Å². The molecule has 0 fully saturated rings. The molecule has 7 heteroatoms. The number of hydrogen-bond donors (Lipinski definition) is 0. The Morgan fingerprint density at radius 2 is 1.08 bits per heavy atom. The van der Waals surface area contributed by atoms with Gasteiger partial charge in [-0.15, -0.1) is 0 Å². The van der Waals surface area contributed by atoms with Crippen molar-refractivity contribution in [2.24, 2.45) is 0 Å². The number of hydrogen-bond acceptors (Lipinski definition) is 4. The molecule has 0 aromatic rings. The van der Waals surface area contributed by atoms with E-state index >= 15 is 0 Å². The Kier molecular flexibility index (Phi) is 36.9. The second-order valence-electron chi connectivity index (χ2n) is 1.97. The van der Waals surface area contributed by atoms with Crippen LogP contribution in [-0.2, 0) is 17.1 Å². The Labute approximate surface area is 119 Å². The van der Waals surface area contributed by atoms with Gasteiger partial charge < -0.3 is 17.1 Å². The molecule has 0 N–H and O–H groups in total. The first-order valence-corrected chi connectivity index (χ1v) is 5.42. The van der Waals surface area contributed by atoms with Crippen LogP contribution in [0.3, 0.4) is 0 Å². The van der Waals surface area contributed by atoms with Crippen LogP contribution >= 0.6 is 0 Å². The molecule has 0 atom stereocenters. The van der Waals surface area contributed by atoms with E-state index in [9.17, 15) is 0 Å². The van der Waals surface area contributed by atoms with Crippen LogP contribution < -0.4 is 0 Å². The molecule has 0 bridgehead atoms.